The molecule has 0 amide bonds. The molecular formula is C30H22NO2P. The van der Waals surface area contributed by atoms with Gasteiger partial charge in [0.25, 0.3) is 0 Å². The Hall–Kier alpha value is -4.20. The quantitative estimate of drug-likeness (QED) is 0.153. The van der Waals surface area contributed by atoms with E-state index in [1.165, 1.54) is 22.3 Å². The van der Waals surface area contributed by atoms with Gasteiger partial charge in [-0.3, -0.25) is 9.59 Å². The highest BCUT2D eigenvalue weighted by molar-refractivity contribution is 7.24. The van der Waals surface area contributed by atoms with Crippen LogP contribution in [0.1, 0.15) is 10.4 Å². The van der Waals surface area contributed by atoms with Gasteiger partial charge in [-0.1, -0.05) is 121 Å². The first-order chi connectivity index (χ1) is 16.8. The Morgan fingerprint density at radius 3 is 1.62 bits per heavy atom. The maximum atomic E-state index is 10.6. The highest BCUT2D eigenvalue weighted by atomic mass is 31.0. The summed E-state index contributed by atoms with van der Waals surface area (Å²) in [6, 6.07) is 40.0. The van der Waals surface area contributed by atoms with Crippen LogP contribution in [0.5, 0.6) is 0 Å². The molecule has 0 spiro atoms. The molecular weight excluding hydrogens is 437 g/mol. The van der Waals surface area contributed by atoms with Gasteiger partial charge in [0.1, 0.15) is 0 Å². The highest BCUT2D eigenvalue weighted by Gasteiger charge is 2.15. The van der Waals surface area contributed by atoms with Crippen LogP contribution in [0.4, 0.5) is 0 Å². The van der Waals surface area contributed by atoms with Crippen LogP contribution in [0.3, 0.4) is 0 Å². The number of carbonyl (C=O) groups excluding carboxylic acids is 2. The molecule has 164 valence electrons. The first-order valence-corrected chi connectivity index (χ1v) is 11.8. The van der Waals surface area contributed by atoms with E-state index in [-0.39, 0.29) is 0 Å². The second kappa shape index (κ2) is 11.6. The number of rotatable bonds is 5. The molecule has 4 heteroatoms. The number of Topliss-reactive ketones (excluding diaryl/α,β-unsaturated/α-hetero) is 1. The summed E-state index contributed by atoms with van der Waals surface area (Å²) in [5.74, 6) is 1.73. The molecule has 0 atom stereocenters. The van der Waals surface area contributed by atoms with Gasteiger partial charge in [0.15, 0.2) is 6.29 Å². The van der Waals surface area contributed by atoms with Crippen molar-refractivity contribution < 1.29 is 9.59 Å². The van der Waals surface area contributed by atoms with Crippen molar-refractivity contribution in [2.45, 2.75) is 0 Å². The Bertz CT molecular complexity index is 1300. The van der Waals surface area contributed by atoms with Gasteiger partial charge in [-0.05, 0) is 22.5 Å². The molecule has 3 nitrogen and oxygen atoms in total. The monoisotopic (exact) mass is 459 g/mol. The minimum Gasteiger partial charge on any atom is -0.294 e. The summed E-state index contributed by atoms with van der Waals surface area (Å²) in [5.41, 5.74) is 7.54. The van der Waals surface area contributed by atoms with E-state index in [0.29, 0.717) is 11.8 Å². The molecule has 0 N–H and O–H groups in total. The van der Waals surface area contributed by atoms with Crippen LogP contribution in [0.25, 0.3) is 33.5 Å². The molecule has 0 unspecified atom stereocenters. The summed E-state index contributed by atoms with van der Waals surface area (Å²) in [4.78, 5) is 20.6. The predicted octanol–water partition coefficient (Wildman–Crippen LogP) is 7.73. The first-order valence-electron chi connectivity index (χ1n) is 10.8. The second-order valence-corrected chi connectivity index (χ2v) is 8.12. The van der Waals surface area contributed by atoms with E-state index in [2.05, 4.69) is 90.7 Å². The number of hydrogen-bond donors (Lipinski definition) is 0. The lowest BCUT2D eigenvalue weighted by Crippen LogP contribution is -1.97. The lowest BCUT2D eigenvalue weighted by atomic mass is 9.93. The molecule has 0 bridgehead atoms. The topological polar surface area (TPSA) is 47.0 Å². The standard InChI is InChI=1S/C22H16NP.C8H6O2/c1-4-10-17(11-5-1)20-16-24-23-22(19-14-8-3-9-15-19)21(20)18-12-6-2-7-13-18;9-6-8(10)7-4-2-1-3-5-7/h1-16H;1-6H. The molecule has 1 aromatic heterocycles. The molecule has 4 aromatic carbocycles. The van der Waals surface area contributed by atoms with Gasteiger partial charge in [0, 0.05) is 25.0 Å². The van der Waals surface area contributed by atoms with Gasteiger partial charge in [-0.25, -0.2) is 4.75 Å². The van der Waals surface area contributed by atoms with E-state index < -0.39 is 5.78 Å². The summed E-state index contributed by atoms with van der Waals surface area (Å²) in [7, 11) is 0.977. The van der Waals surface area contributed by atoms with Crippen LogP contribution in [-0.4, -0.2) is 16.8 Å². The van der Waals surface area contributed by atoms with Gasteiger partial charge < -0.3 is 0 Å². The van der Waals surface area contributed by atoms with Crippen molar-refractivity contribution in [2.24, 2.45) is 0 Å². The number of aromatic nitrogens is 1. The summed E-state index contributed by atoms with van der Waals surface area (Å²) >= 11 is 0. The third-order valence-corrected chi connectivity index (χ3v) is 5.90. The van der Waals surface area contributed by atoms with Crippen molar-refractivity contribution in [1.82, 2.24) is 4.75 Å². The van der Waals surface area contributed by atoms with Gasteiger partial charge in [-0.15, -0.1) is 0 Å². The molecule has 34 heavy (non-hydrogen) atoms. The van der Waals surface area contributed by atoms with Crippen molar-refractivity contribution >= 4 is 20.4 Å². The minimum atomic E-state index is -0.472. The fourth-order valence-electron chi connectivity index (χ4n) is 3.59. The van der Waals surface area contributed by atoms with Crippen molar-refractivity contribution in [3.63, 3.8) is 0 Å². The number of aldehydes is 1. The summed E-state index contributed by atoms with van der Waals surface area (Å²) in [6.45, 7) is 0. The van der Waals surface area contributed by atoms with Crippen LogP contribution in [0, 0.1) is 0 Å². The lowest BCUT2D eigenvalue weighted by Gasteiger charge is -2.14. The lowest BCUT2D eigenvalue weighted by molar-refractivity contribution is -0.104. The Morgan fingerprint density at radius 1 is 0.618 bits per heavy atom. The number of carbonyl (C=O) groups is 2. The molecule has 0 aliphatic heterocycles. The molecule has 0 radical (unpaired) electrons. The number of hydrogen-bond acceptors (Lipinski definition) is 3. The van der Waals surface area contributed by atoms with Gasteiger partial charge in [0.2, 0.25) is 5.78 Å². The van der Waals surface area contributed by atoms with Gasteiger partial charge in [-0.2, -0.15) is 0 Å². The molecule has 0 fully saturated rings. The van der Waals surface area contributed by atoms with Crippen molar-refractivity contribution in [3.8, 4) is 33.5 Å². The van der Waals surface area contributed by atoms with E-state index in [9.17, 15) is 9.59 Å². The van der Waals surface area contributed by atoms with E-state index in [0.717, 1.165) is 19.6 Å². The predicted molar refractivity (Wildman–Crippen MR) is 140 cm³/mol. The smallest absolute Gasteiger partial charge is 0.225 e. The summed E-state index contributed by atoms with van der Waals surface area (Å²) in [5, 5.41) is 0. The fourth-order valence-corrected chi connectivity index (χ4v) is 4.37. The summed E-state index contributed by atoms with van der Waals surface area (Å²) < 4.78 is 4.81. The molecule has 0 aliphatic rings. The first kappa shape index (κ1) is 23.0. The van der Waals surface area contributed by atoms with E-state index in [1.807, 2.05) is 6.07 Å². The second-order valence-electron chi connectivity index (χ2n) is 7.43. The fraction of sp³-hybridized carbons (Fsp3) is 0. The normalized spacial score (nSPS) is 10.2. The Kier molecular flexibility index (Phi) is 7.84. The van der Waals surface area contributed by atoms with Crippen LogP contribution >= 0.6 is 8.35 Å². The van der Waals surface area contributed by atoms with Crippen molar-refractivity contribution in [3.05, 3.63) is 133 Å². The molecule has 1 heterocycles. The molecule has 0 aliphatic carbocycles. The zero-order chi connectivity index (χ0) is 23.6. The maximum absolute atomic E-state index is 10.6. The maximum Gasteiger partial charge on any atom is 0.225 e. The minimum absolute atomic E-state index is 0.315. The molecule has 5 rings (SSSR count). The average molecular weight is 459 g/mol. The Morgan fingerprint density at radius 2 is 1.09 bits per heavy atom. The largest absolute Gasteiger partial charge is 0.294 e. The Balaban J connectivity index is 0.000000231. The van der Waals surface area contributed by atoms with E-state index >= 15 is 0 Å². The van der Waals surface area contributed by atoms with Crippen LogP contribution in [0.15, 0.2) is 127 Å². The third kappa shape index (κ3) is 5.58. The van der Waals surface area contributed by atoms with Crippen LogP contribution in [0.2, 0.25) is 0 Å². The van der Waals surface area contributed by atoms with Gasteiger partial charge >= 0.3 is 0 Å². The highest BCUT2D eigenvalue weighted by Crippen LogP contribution is 2.40. The molecule has 0 saturated heterocycles. The zero-order valence-corrected chi connectivity index (χ0v) is 19.3. The SMILES string of the molecule is O=CC(=O)c1ccccc1.c1ccc(-c2cpnc(-c3ccccc3)c2-c2ccccc2)cc1. The van der Waals surface area contributed by atoms with Crippen LogP contribution in [-0.2, 0) is 4.79 Å². The average Bonchev–Trinajstić information content (AvgIpc) is 2.94. The van der Waals surface area contributed by atoms with Crippen LogP contribution < -0.4 is 0 Å². The van der Waals surface area contributed by atoms with Crippen molar-refractivity contribution in [1.29, 1.82) is 0 Å². The van der Waals surface area contributed by atoms with E-state index in [1.54, 1.807) is 30.3 Å². The van der Waals surface area contributed by atoms with Crippen molar-refractivity contribution in [2.75, 3.05) is 0 Å². The number of benzene rings is 4. The molecule has 0 saturated carbocycles. The number of ketones is 1. The Labute approximate surface area is 200 Å². The molecule has 5 aromatic rings. The summed E-state index contributed by atoms with van der Waals surface area (Å²) in [6.07, 6.45) is 0.315. The zero-order valence-electron chi connectivity index (χ0n) is 18.4. The van der Waals surface area contributed by atoms with Gasteiger partial charge in [0.05, 0.1) is 5.69 Å². The third-order valence-electron chi connectivity index (χ3n) is 5.21. The van der Waals surface area contributed by atoms with E-state index in [4.69, 9.17) is 4.75 Å². The number of nitrogens with zero attached hydrogens (tertiary/aromatic N) is 1.